The molecule has 3 aromatic heterocycles. The first-order valence-corrected chi connectivity index (χ1v) is 12.4. The molecule has 0 amide bonds. The topological polar surface area (TPSA) is 88.1 Å². The second kappa shape index (κ2) is 10.1. The quantitative estimate of drug-likeness (QED) is 0.241. The highest BCUT2D eigenvalue weighted by molar-refractivity contribution is 7.98. The molecule has 0 fully saturated rings. The molecule has 34 heavy (non-hydrogen) atoms. The van der Waals surface area contributed by atoms with Crippen LogP contribution < -0.4 is 9.47 Å². The molecule has 8 nitrogen and oxygen atoms in total. The van der Waals surface area contributed by atoms with Crippen LogP contribution in [-0.2, 0) is 5.75 Å². The molecule has 0 aliphatic heterocycles. The van der Waals surface area contributed by atoms with Crippen molar-refractivity contribution in [1.82, 2.24) is 24.9 Å². The van der Waals surface area contributed by atoms with Crippen LogP contribution in [0.5, 0.6) is 11.5 Å². The van der Waals surface area contributed by atoms with Crippen LogP contribution in [0.15, 0.2) is 75.7 Å². The summed E-state index contributed by atoms with van der Waals surface area (Å²) in [7, 11) is 1.65. The van der Waals surface area contributed by atoms with Crippen LogP contribution in [0, 0.1) is 0 Å². The SMILES string of the molecule is CCOc1ccccc1-c1noc(CSc2nnc(-c3cccs3)n2-c2ccccc2OC)n1. The van der Waals surface area contributed by atoms with Crippen LogP contribution in [-0.4, -0.2) is 38.6 Å². The van der Waals surface area contributed by atoms with E-state index in [2.05, 4.69) is 20.3 Å². The van der Waals surface area contributed by atoms with E-state index in [4.69, 9.17) is 14.0 Å². The molecule has 0 aliphatic rings. The number of rotatable bonds is 9. The van der Waals surface area contributed by atoms with Crippen LogP contribution in [0.4, 0.5) is 0 Å². The Morgan fingerprint density at radius 2 is 1.82 bits per heavy atom. The van der Waals surface area contributed by atoms with Crippen LogP contribution in [0.3, 0.4) is 0 Å². The molecular formula is C24H21N5O3S2. The van der Waals surface area contributed by atoms with Gasteiger partial charge in [0.05, 0.1) is 35.6 Å². The number of hydrogen-bond donors (Lipinski definition) is 0. The van der Waals surface area contributed by atoms with Crippen LogP contribution in [0.1, 0.15) is 12.8 Å². The zero-order valence-electron chi connectivity index (χ0n) is 18.5. The molecule has 0 bridgehead atoms. The molecule has 5 rings (SSSR count). The van der Waals surface area contributed by atoms with Crippen LogP contribution in [0.25, 0.3) is 27.8 Å². The first-order valence-electron chi connectivity index (χ1n) is 10.6. The first kappa shape index (κ1) is 22.2. The van der Waals surface area contributed by atoms with Crippen LogP contribution in [0.2, 0.25) is 0 Å². The Balaban J connectivity index is 1.44. The highest BCUT2D eigenvalue weighted by Gasteiger charge is 2.21. The Bertz CT molecular complexity index is 1380. The van der Waals surface area contributed by atoms with Gasteiger partial charge in [0.25, 0.3) is 0 Å². The summed E-state index contributed by atoms with van der Waals surface area (Å²) in [4.78, 5) is 5.58. The van der Waals surface area contributed by atoms with Gasteiger partial charge >= 0.3 is 0 Å². The maximum atomic E-state index is 5.70. The van der Waals surface area contributed by atoms with E-state index in [0.29, 0.717) is 29.2 Å². The summed E-state index contributed by atoms with van der Waals surface area (Å²) in [6.45, 7) is 2.50. The molecule has 0 atom stereocenters. The van der Waals surface area contributed by atoms with Crippen molar-refractivity contribution in [3.05, 3.63) is 71.9 Å². The fourth-order valence-corrected chi connectivity index (χ4v) is 4.92. The monoisotopic (exact) mass is 491 g/mol. The van der Waals surface area contributed by atoms with Gasteiger partial charge < -0.3 is 14.0 Å². The minimum absolute atomic E-state index is 0.432. The molecule has 172 valence electrons. The summed E-state index contributed by atoms with van der Waals surface area (Å²) in [6, 6.07) is 19.5. The van der Waals surface area contributed by atoms with Crippen molar-refractivity contribution in [2.45, 2.75) is 17.8 Å². The highest BCUT2D eigenvalue weighted by atomic mass is 32.2. The Hall–Kier alpha value is -3.63. The minimum Gasteiger partial charge on any atom is -0.495 e. The molecular weight excluding hydrogens is 470 g/mol. The second-order valence-electron chi connectivity index (χ2n) is 7.02. The Morgan fingerprint density at radius 3 is 2.62 bits per heavy atom. The number of para-hydroxylation sites is 3. The summed E-state index contributed by atoms with van der Waals surface area (Å²) in [5.41, 5.74) is 1.65. The van der Waals surface area contributed by atoms with Gasteiger partial charge in [-0.05, 0) is 42.6 Å². The van der Waals surface area contributed by atoms with E-state index in [1.165, 1.54) is 11.8 Å². The van der Waals surface area contributed by atoms with E-state index in [-0.39, 0.29) is 0 Å². The molecule has 0 unspecified atom stereocenters. The van der Waals surface area contributed by atoms with E-state index in [0.717, 1.165) is 33.5 Å². The predicted molar refractivity (Wildman–Crippen MR) is 132 cm³/mol. The molecule has 0 radical (unpaired) electrons. The lowest BCUT2D eigenvalue weighted by atomic mass is 10.2. The van der Waals surface area contributed by atoms with Crippen molar-refractivity contribution < 1.29 is 14.0 Å². The summed E-state index contributed by atoms with van der Waals surface area (Å²) in [5.74, 6) is 3.61. The van der Waals surface area contributed by atoms with Crippen molar-refractivity contribution in [3.63, 3.8) is 0 Å². The molecule has 0 aliphatic carbocycles. The fraction of sp³-hybridized carbons (Fsp3) is 0.167. The summed E-state index contributed by atoms with van der Waals surface area (Å²) >= 11 is 3.07. The third kappa shape index (κ3) is 4.42. The van der Waals surface area contributed by atoms with E-state index in [1.54, 1.807) is 18.4 Å². The standard InChI is InChI=1S/C24H21N5O3S2/c1-3-31-18-11-6-4-9-16(18)22-25-21(32-28-22)15-34-24-27-26-23(20-13-8-14-33-20)29(24)17-10-5-7-12-19(17)30-2/h4-14H,3,15H2,1-2H3. The largest absolute Gasteiger partial charge is 0.495 e. The Morgan fingerprint density at radius 1 is 1.00 bits per heavy atom. The molecule has 0 saturated heterocycles. The Kier molecular flexibility index (Phi) is 6.59. The van der Waals surface area contributed by atoms with Crippen molar-refractivity contribution >= 4 is 23.1 Å². The van der Waals surface area contributed by atoms with E-state index in [9.17, 15) is 0 Å². The second-order valence-corrected chi connectivity index (χ2v) is 8.91. The van der Waals surface area contributed by atoms with Gasteiger partial charge in [-0.15, -0.1) is 21.5 Å². The number of hydrogen-bond acceptors (Lipinski definition) is 9. The van der Waals surface area contributed by atoms with E-state index >= 15 is 0 Å². The van der Waals surface area contributed by atoms with Crippen molar-refractivity contribution in [1.29, 1.82) is 0 Å². The lowest BCUT2D eigenvalue weighted by molar-refractivity contribution is 0.341. The molecule has 10 heteroatoms. The molecule has 0 saturated carbocycles. The number of methoxy groups -OCH3 is 1. The van der Waals surface area contributed by atoms with Gasteiger partial charge in [-0.2, -0.15) is 4.98 Å². The number of thiophene rings is 1. The third-order valence-electron chi connectivity index (χ3n) is 4.92. The molecule has 0 N–H and O–H groups in total. The first-order chi connectivity index (χ1) is 16.8. The van der Waals surface area contributed by atoms with Gasteiger partial charge in [0, 0.05) is 0 Å². The normalized spacial score (nSPS) is 11.0. The maximum Gasteiger partial charge on any atom is 0.237 e. The van der Waals surface area contributed by atoms with E-state index < -0.39 is 0 Å². The number of benzene rings is 2. The van der Waals surface area contributed by atoms with Gasteiger partial charge in [0.2, 0.25) is 11.7 Å². The molecule has 0 spiro atoms. The van der Waals surface area contributed by atoms with Crippen molar-refractivity contribution in [3.8, 4) is 39.3 Å². The van der Waals surface area contributed by atoms with Gasteiger partial charge in [-0.3, -0.25) is 4.57 Å². The van der Waals surface area contributed by atoms with Crippen molar-refractivity contribution in [2.24, 2.45) is 0 Å². The summed E-state index contributed by atoms with van der Waals surface area (Å²) in [5, 5.41) is 15.8. The zero-order chi connectivity index (χ0) is 23.3. The fourth-order valence-electron chi connectivity index (χ4n) is 3.44. The average molecular weight is 492 g/mol. The van der Waals surface area contributed by atoms with Crippen LogP contribution >= 0.6 is 23.1 Å². The Labute approximate surface area is 204 Å². The lowest BCUT2D eigenvalue weighted by Crippen LogP contribution is -2.01. The van der Waals surface area contributed by atoms with Gasteiger partial charge in [0.15, 0.2) is 11.0 Å². The zero-order valence-corrected chi connectivity index (χ0v) is 20.2. The minimum atomic E-state index is 0.432. The molecule has 5 aromatic rings. The van der Waals surface area contributed by atoms with Crippen molar-refractivity contribution in [2.75, 3.05) is 13.7 Å². The number of nitrogens with zero attached hydrogens (tertiary/aromatic N) is 5. The smallest absolute Gasteiger partial charge is 0.237 e. The lowest BCUT2D eigenvalue weighted by Gasteiger charge is -2.12. The van der Waals surface area contributed by atoms with E-state index in [1.807, 2.05) is 77.5 Å². The summed E-state index contributed by atoms with van der Waals surface area (Å²) in [6.07, 6.45) is 0. The van der Waals surface area contributed by atoms with Gasteiger partial charge in [-0.25, -0.2) is 0 Å². The molecule has 2 aromatic carbocycles. The number of thioether (sulfide) groups is 1. The highest BCUT2D eigenvalue weighted by Crippen LogP contribution is 2.35. The average Bonchev–Trinajstić information content (AvgIpc) is 3.64. The number of ether oxygens (including phenoxy) is 2. The maximum absolute atomic E-state index is 5.70. The van der Waals surface area contributed by atoms with Gasteiger partial charge in [0.1, 0.15) is 11.5 Å². The number of aromatic nitrogens is 5. The summed E-state index contributed by atoms with van der Waals surface area (Å²) < 4.78 is 18.8. The van der Waals surface area contributed by atoms with Gasteiger partial charge in [-0.1, -0.05) is 47.3 Å². The predicted octanol–water partition coefficient (Wildman–Crippen LogP) is 5.75. The third-order valence-corrected chi connectivity index (χ3v) is 6.70. The molecule has 3 heterocycles.